The Bertz CT molecular complexity index is 1160. The first kappa shape index (κ1) is 22.2. The lowest BCUT2D eigenvalue weighted by Gasteiger charge is -2.17. The van der Waals surface area contributed by atoms with E-state index in [9.17, 15) is 9.18 Å². The summed E-state index contributed by atoms with van der Waals surface area (Å²) in [5.41, 5.74) is 4.08. The predicted octanol–water partition coefficient (Wildman–Crippen LogP) is 5.94. The minimum atomic E-state index is -0.316. The summed E-state index contributed by atoms with van der Waals surface area (Å²) in [5, 5.41) is 4.65. The highest BCUT2D eigenvalue weighted by atomic mass is 19.1. The molecule has 0 spiro atoms. The van der Waals surface area contributed by atoms with E-state index in [4.69, 9.17) is 4.74 Å². The first-order chi connectivity index (χ1) is 14.9. The smallest absolute Gasteiger partial charge is 0.271 e. The molecule has 5 heteroatoms. The van der Waals surface area contributed by atoms with E-state index in [-0.39, 0.29) is 11.4 Å². The summed E-state index contributed by atoms with van der Waals surface area (Å²) in [6.07, 6.45) is 1.93. The SMILES string of the molecule is C=C(/C(=C(\C)OCCCC)c1ccc(=O)n(-c2ccccc2C)n1)c1ccc(F)cc1. The highest BCUT2D eigenvalue weighted by molar-refractivity contribution is 6.03. The molecule has 0 bridgehead atoms. The number of nitrogens with zero attached hydrogens (tertiary/aromatic N) is 2. The molecular weight excluding hydrogens is 391 g/mol. The Hall–Kier alpha value is -3.47. The van der Waals surface area contributed by atoms with Crippen LogP contribution in [0.3, 0.4) is 0 Å². The monoisotopic (exact) mass is 418 g/mol. The Morgan fingerprint density at radius 1 is 1.10 bits per heavy atom. The van der Waals surface area contributed by atoms with Gasteiger partial charge >= 0.3 is 0 Å². The zero-order valence-corrected chi connectivity index (χ0v) is 18.2. The number of hydrogen-bond donors (Lipinski definition) is 0. The van der Waals surface area contributed by atoms with Crippen LogP contribution in [0.1, 0.15) is 43.5 Å². The minimum Gasteiger partial charge on any atom is -0.498 e. The summed E-state index contributed by atoms with van der Waals surface area (Å²) in [6, 6.07) is 16.9. The number of para-hydroxylation sites is 1. The van der Waals surface area contributed by atoms with Crippen LogP contribution in [0.5, 0.6) is 0 Å². The van der Waals surface area contributed by atoms with Crippen LogP contribution in [0.2, 0.25) is 0 Å². The van der Waals surface area contributed by atoms with Gasteiger partial charge in [0.2, 0.25) is 0 Å². The number of benzene rings is 2. The maximum Gasteiger partial charge on any atom is 0.271 e. The lowest BCUT2D eigenvalue weighted by molar-refractivity contribution is 0.211. The van der Waals surface area contributed by atoms with Gasteiger partial charge in [-0.05, 0) is 61.2 Å². The van der Waals surface area contributed by atoms with Crippen molar-refractivity contribution in [1.29, 1.82) is 0 Å². The Morgan fingerprint density at radius 2 is 1.81 bits per heavy atom. The van der Waals surface area contributed by atoms with E-state index in [1.807, 2.05) is 38.1 Å². The third-order valence-electron chi connectivity index (χ3n) is 5.06. The van der Waals surface area contributed by atoms with Crippen LogP contribution in [0.25, 0.3) is 16.8 Å². The van der Waals surface area contributed by atoms with Gasteiger partial charge in [0.05, 0.1) is 18.0 Å². The number of allylic oxidation sites excluding steroid dienone is 3. The maximum atomic E-state index is 13.4. The molecule has 0 unspecified atom stereocenters. The van der Waals surface area contributed by atoms with Gasteiger partial charge in [-0.1, -0.05) is 50.3 Å². The molecule has 3 rings (SSSR count). The van der Waals surface area contributed by atoms with Gasteiger partial charge in [-0.15, -0.1) is 0 Å². The second-order valence-corrected chi connectivity index (χ2v) is 7.37. The number of unbranched alkanes of at least 4 members (excludes halogenated alkanes) is 1. The number of ether oxygens (including phenoxy) is 1. The lowest BCUT2D eigenvalue weighted by Crippen LogP contribution is -2.22. The average Bonchev–Trinajstić information content (AvgIpc) is 2.76. The van der Waals surface area contributed by atoms with E-state index in [1.165, 1.54) is 22.9 Å². The molecule has 0 N–H and O–H groups in total. The molecular formula is C26H27FN2O2. The van der Waals surface area contributed by atoms with E-state index in [1.54, 1.807) is 18.2 Å². The largest absolute Gasteiger partial charge is 0.498 e. The molecule has 31 heavy (non-hydrogen) atoms. The van der Waals surface area contributed by atoms with Gasteiger partial charge < -0.3 is 4.74 Å². The van der Waals surface area contributed by atoms with Crippen LogP contribution >= 0.6 is 0 Å². The van der Waals surface area contributed by atoms with Gasteiger partial charge in [0.25, 0.3) is 5.56 Å². The van der Waals surface area contributed by atoms with E-state index < -0.39 is 0 Å². The van der Waals surface area contributed by atoms with Crippen LogP contribution in [0.15, 0.2) is 77.8 Å². The molecule has 1 aromatic heterocycles. The highest BCUT2D eigenvalue weighted by Crippen LogP contribution is 2.32. The summed E-state index contributed by atoms with van der Waals surface area (Å²) in [6.45, 7) is 10.7. The van der Waals surface area contributed by atoms with Crippen molar-refractivity contribution in [2.75, 3.05) is 6.61 Å². The second-order valence-electron chi connectivity index (χ2n) is 7.37. The fourth-order valence-corrected chi connectivity index (χ4v) is 3.30. The fraction of sp³-hybridized carbons (Fsp3) is 0.231. The minimum absolute atomic E-state index is 0.227. The molecule has 3 aromatic rings. The average molecular weight is 419 g/mol. The third kappa shape index (κ3) is 5.18. The van der Waals surface area contributed by atoms with Gasteiger partial charge in [-0.25, -0.2) is 4.39 Å². The molecule has 160 valence electrons. The summed E-state index contributed by atoms with van der Waals surface area (Å²) in [7, 11) is 0. The molecule has 0 aliphatic heterocycles. The maximum absolute atomic E-state index is 13.4. The molecule has 0 atom stereocenters. The van der Waals surface area contributed by atoms with Crippen LogP contribution in [-0.2, 0) is 4.74 Å². The van der Waals surface area contributed by atoms with Crippen LogP contribution < -0.4 is 5.56 Å². The lowest BCUT2D eigenvalue weighted by atomic mass is 9.96. The molecule has 0 saturated carbocycles. The number of halogens is 1. The Morgan fingerprint density at radius 3 is 2.48 bits per heavy atom. The third-order valence-corrected chi connectivity index (χ3v) is 5.06. The van der Waals surface area contributed by atoms with Crippen molar-refractivity contribution >= 4 is 11.1 Å². The molecule has 0 radical (unpaired) electrons. The molecule has 0 saturated heterocycles. The van der Waals surface area contributed by atoms with Crippen molar-refractivity contribution in [3.8, 4) is 5.69 Å². The molecule has 2 aromatic carbocycles. The van der Waals surface area contributed by atoms with E-state index in [0.717, 1.165) is 24.0 Å². The number of rotatable bonds is 8. The van der Waals surface area contributed by atoms with Crippen LogP contribution in [0, 0.1) is 12.7 Å². The van der Waals surface area contributed by atoms with Gasteiger partial charge in [-0.2, -0.15) is 9.78 Å². The van der Waals surface area contributed by atoms with Crippen molar-refractivity contribution < 1.29 is 9.13 Å². The predicted molar refractivity (Wildman–Crippen MR) is 123 cm³/mol. The molecule has 0 aliphatic rings. The first-order valence-corrected chi connectivity index (χ1v) is 10.4. The number of aromatic nitrogens is 2. The first-order valence-electron chi connectivity index (χ1n) is 10.4. The summed E-state index contributed by atoms with van der Waals surface area (Å²) in [4.78, 5) is 12.6. The molecule has 0 fully saturated rings. The Labute approximate surface area is 182 Å². The van der Waals surface area contributed by atoms with Gasteiger partial charge in [0, 0.05) is 11.6 Å². The van der Waals surface area contributed by atoms with Gasteiger partial charge in [-0.3, -0.25) is 4.79 Å². The molecule has 0 aliphatic carbocycles. The van der Waals surface area contributed by atoms with Crippen molar-refractivity contribution in [2.24, 2.45) is 0 Å². The molecule has 4 nitrogen and oxygen atoms in total. The summed E-state index contributed by atoms with van der Waals surface area (Å²) < 4.78 is 20.8. The molecule has 1 heterocycles. The normalized spacial score (nSPS) is 11.7. The van der Waals surface area contributed by atoms with Crippen molar-refractivity contribution in [3.63, 3.8) is 0 Å². The summed E-state index contributed by atoms with van der Waals surface area (Å²) >= 11 is 0. The standard InChI is InChI=1S/C26H27FN2O2/c1-5-6-17-31-20(4)26(19(3)21-11-13-22(27)14-12-21)23-15-16-25(30)29(28-23)24-10-8-7-9-18(24)2/h7-16H,3,5-6,17H2,1-2,4H3/b26-20-. The van der Waals surface area contributed by atoms with E-state index in [2.05, 4.69) is 18.6 Å². The quantitative estimate of drug-likeness (QED) is 0.258. The molecule has 0 amide bonds. The van der Waals surface area contributed by atoms with Crippen LogP contribution in [0.4, 0.5) is 4.39 Å². The van der Waals surface area contributed by atoms with Gasteiger partial charge in [0.1, 0.15) is 11.6 Å². The van der Waals surface area contributed by atoms with Crippen molar-refractivity contribution in [2.45, 2.75) is 33.6 Å². The Kier molecular flexibility index (Phi) is 7.19. The number of hydrogen-bond acceptors (Lipinski definition) is 3. The highest BCUT2D eigenvalue weighted by Gasteiger charge is 2.17. The zero-order valence-electron chi connectivity index (χ0n) is 18.2. The fourth-order valence-electron chi connectivity index (χ4n) is 3.30. The Balaban J connectivity index is 2.13. The second kappa shape index (κ2) is 10.0. The van der Waals surface area contributed by atoms with Crippen molar-refractivity contribution in [1.82, 2.24) is 9.78 Å². The van der Waals surface area contributed by atoms with Crippen LogP contribution in [-0.4, -0.2) is 16.4 Å². The zero-order chi connectivity index (χ0) is 22.4. The van der Waals surface area contributed by atoms with Gasteiger partial charge in [0.15, 0.2) is 0 Å². The van der Waals surface area contributed by atoms with E-state index in [0.29, 0.717) is 34.9 Å². The summed E-state index contributed by atoms with van der Waals surface area (Å²) in [5.74, 6) is 0.342. The van der Waals surface area contributed by atoms with E-state index >= 15 is 0 Å². The number of aryl methyl sites for hydroxylation is 1. The van der Waals surface area contributed by atoms with Crippen molar-refractivity contribution in [3.05, 3.63) is 106 Å². The topological polar surface area (TPSA) is 44.1 Å².